The predicted octanol–water partition coefficient (Wildman–Crippen LogP) is 6.02. The highest BCUT2D eigenvalue weighted by Crippen LogP contribution is 2.26. The smallest absolute Gasteiger partial charge is 0.244 e. The molecule has 1 fully saturated rings. The van der Waals surface area contributed by atoms with Crippen LogP contribution in [-0.2, 0) is 39.0 Å². The van der Waals surface area contributed by atoms with Crippen LogP contribution in [0.4, 0.5) is 5.69 Å². The van der Waals surface area contributed by atoms with E-state index in [0.29, 0.717) is 21.3 Å². The number of aryl methyl sites for hydroxylation is 1. The van der Waals surface area contributed by atoms with Crippen molar-refractivity contribution in [1.82, 2.24) is 10.2 Å². The number of rotatable bonds is 12. The van der Waals surface area contributed by atoms with Crippen LogP contribution in [0.3, 0.4) is 0 Å². The lowest BCUT2D eigenvalue weighted by molar-refractivity contribution is -0.140. The molecule has 1 atom stereocenters. The molecule has 1 saturated carbocycles. The lowest BCUT2D eigenvalue weighted by Gasteiger charge is -2.34. The summed E-state index contributed by atoms with van der Waals surface area (Å²) in [5.41, 5.74) is 2.98. The van der Waals surface area contributed by atoms with Gasteiger partial charge in [0.2, 0.25) is 21.8 Å². The Morgan fingerprint density at radius 3 is 2.14 bits per heavy atom. The Bertz CT molecular complexity index is 1480. The molecule has 1 N–H and O–H groups in total. The lowest BCUT2D eigenvalue weighted by atomic mass is 10.0. The molecule has 0 aromatic heterocycles. The fourth-order valence-electron chi connectivity index (χ4n) is 5.27. The molecule has 0 bridgehead atoms. The normalized spacial score (nSPS) is 14.4. The molecule has 0 saturated heterocycles. The minimum atomic E-state index is -3.83. The average molecular weight is 631 g/mol. The van der Waals surface area contributed by atoms with E-state index in [1.165, 1.54) is 4.90 Å². The van der Waals surface area contributed by atoms with Gasteiger partial charge in [-0.1, -0.05) is 91.5 Å². The highest BCUT2D eigenvalue weighted by Gasteiger charge is 2.34. The van der Waals surface area contributed by atoms with E-state index in [1.807, 2.05) is 49.4 Å². The van der Waals surface area contributed by atoms with Gasteiger partial charge in [0.05, 0.1) is 22.0 Å². The first kappa shape index (κ1) is 31.9. The monoisotopic (exact) mass is 629 g/mol. The quantitative estimate of drug-likeness (QED) is 0.265. The molecule has 0 unspecified atom stereocenters. The highest BCUT2D eigenvalue weighted by molar-refractivity contribution is 7.92. The van der Waals surface area contributed by atoms with Crippen molar-refractivity contribution >= 4 is 50.7 Å². The Morgan fingerprint density at radius 2 is 1.55 bits per heavy atom. The van der Waals surface area contributed by atoms with Crippen LogP contribution >= 0.6 is 23.2 Å². The van der Waals surface area contributed by atoms with Gasteiger partial charge >= 0.3 is 0 Å². The Kier molecular flexibility index (Phi) is 10.9. The maximum Gasteiger partial charge on any atom is 0.244 e. The number of sulfonamides is 1. The summed E-state index contributed by atoms with van der Waals surface area (Å²) in [7, 11) is -3.83. The van der Waals surface area contributed by atoms with E-state index in [4.69, 9.17) is 23.2 Å². The molecule has 3 aromatic carbocycles. The first-order chi connectivity index (χ1) is 20.0. The van der Waals surface area contributed by atoms with Gasteiger partial charge in [-0.25, -0.2) is 8.42 Å². The van der Waals surface area contributed by atoms with Crippen LogP contribution in [0.2, 0.25) is 10.0 Å². The molecule has 10 heteroatoms. The predicted molar refractivity (Wildman–Crippen MR) is 169 cm³/mol. The maximum atomic E-state index is 14.2. The minimum absolute atomic E-state index is 0.0394. The second-order valence-corrected chi connectivity index (χ2v) is 13.5. The summed E-state index contributed by atoms with van der Waals surface area (Å²) in [5.74, 6) is -0.772. The zero-order chi connectivity index (χ0) is 30.3. The Labute approximate surface area is 258 Å². The average Bonchev–Trinajstić information content (AvgIpc) is 3.48. The lowest BCUT2D eigenvalue weighted by Crippen LogP contribution is -2.54. The summed E-state index contributed by atoms with van der Waals surface area (Å²) in [6.45, 7) is 1.59. The van der Waals surface area contributed by atoms with Gasteiger partial charge in [0.15, 0.2) is 0 Å². The molecule has 0 heterocycles. The molecule has 42 heavy (non-hydrogen) atoms. The molecule has 0 radical (unpaired) electrons. The van der Waals surface area contributed by atoms with Crippen molar-refractivity contribution in [2.75, 3.05) is 17.1 Å². The maximum absolute atomic E-state index is 14.2. The van der Waals surface area contributed by atoms with Crippen molar-refractivity contribution in [3.8, 4) is 0 Å². The zero-order valence-electron chi connectivity index (χ0n) is 23.9. The number of hydrogen-bond donors (Lipinski definition) is 1. The summed E-state index contributed by atoms with van der Waals surface area (Å²) in [6, 6.07) is 20.8. The molecule has 1 aliphatic carbocycles. The van der Waals surface area contributed by atoms with E-state index in [0.717, 1.165) is 53.8 Å². The molecule has 224 valence electrons. The number of carbonyl (C=O) groups excluding carboxylic acids is 2. The van der Waals surface area contributed by atoms with Crippen molar-refractivity contribution in [1.29, 1.82) is 0 Å². The number of carbonyl (C=O) groups is 2. The van der Waals surface area contributed by atoms with Crippen LogP contribution in [0.5, 0.6) is 0 Å². The summed E-state index contributed by atoms with van der Waals surface area (Å²) in [5, 5.41) is 3.85. The van der Waals surface area contributed by atoms with Crippen molar-refractivity contribution in [2.45, 2.75) is 64.1 Å². The van der Waals surface area contributed by atoms with Crippen LogP contribution in [0, 0.1) is 0 Å². The zero-order valence-corrected chi connectivity index (χ0v) is 26.3. The Balaban J connectivity index is 1.73. The first-order valence-corrected chi connectivity index (χ1v) is 16.8. The topological polar surface area (TPSA) is 86.8 Å². The van der Waals surface area contributed by atoms with E-state index in [9.17, 15) is 18.0 Å². The molecule has 3 aromatic rings. The van der Waals surface area contributed by atoms with E-state index in [1.54, 1.807) is 30.3 Å². The van der Waals surface area contributed by atoms with Crippen molar-refractivity contribution in [3.05, 3.63) is 99.5 Å². The summed E-state index contributed by atoms with van der Waals surface area (Å²) >= 11 is 12.5. The van der Waals surface area contributed by atoms with E-state index < -0.39 is 28.5 Å². The van der Waals surface area contributed by atoms with Crippen LogP contribution in [0.1, 0.15) is 49.3 Å². The van der Waals surface area contributed by atoms with Crippen LogP contribution < -0.4 is 9.62 Å². The van der Waals surface area contributed by atoms with Gasteiger partial charge in [0.1, 0.15) is 12.6 Å². The molecular formula is C32H37Cl2N3O4S. The molecule has 1 aliphatic rings. The Hall–Kier alpha value is -3.07. The van der Waals surface area contributed by atoms with Gasteiger partial charge < -0.3 is 10.2 Å². The van der Waals surface area contributed by atoms with Crippen molar-refractivity contribution in [3.63, 3.8) is 0 Å². The fraction of sp³-hybridized carbons (Fsp3) is 0.375. The summed E-state index contributed by atoms with van der Waals surface area (Å²) in [4.78, 5) is 29.6. The van der Waals surface area contributed by atoms with Gasteiger partial charge in [0, 0.05) is 19.0 Å². The van der Waals surface area contributed by atoms with E-state index >= 15 is 0 Å². The first-order valence-electron chi connectivity index (χ1n) is 14.2. The second kappa shape index (κ2) is 14.4. The summed E-state index contributed by atoms with van der Waals surface area (Å²) < 4.78 is 27.0. The molecule has 0 spiro atoms. The van der Waals surface area contributed by atoms with Gasteiger partial charge in [-0.15, -0.1) is 0 Å². The number of hydrogen-bond acceptors (Lipinski definition) is 4. The second-order valence-electron chi connectivity index (χ2n) is 10.8. The van der Waals surface area contributed by atoms with Crippen molar-refractivity contribution in [2.24, 2.45) is 0 Å². The Morgan fingerprint density at radius 1 is 0.905 bits per heavy atom. The molecule has 4 rings (SSSR count). The summed E-state index contributed by atoms with van der Waals surface area (Å²) in [6.07, 6.45) is 6.00. The van der Waals surface area contributed by atoms with Gasteiger partial charge in [-0.2, -0.15) is 0 Å². The number of amides is 2. The molecule has 0 aliphatic heterocycles. The van der Waals surface area contributed by atoms with Gasteiger partial charge in [0.25, 0.3) is 0 Å². The van der Waals surface area contributed by atoms with Crippen molar-refractivity contribution < 1.29 is 18.0 Å². The number of halogens is 2. The minimum Gasteiger partial charge on any atom is -0.352 e. The largest absolute Gasteiger partial charge is 0.352 e. The molecule has 2 amide bonds. The highest BCUT2D eigenvalue weighted by atomic mass is 35.5. The third kappa shape index (κ3) is 8.49. The number of nitrogens with zero attached hydrogens (tertiary/aromatic N) is 2. The number of anilines is 1. The van der Waals surface area contributed by atoms with E-state index in [-0.39, 0.29) is 24.9 Å². The molecular weight excluding hydrogens is 593 g/mol. The van der Waals surface area contributed by atoms with Crippen LogP contribution in [-0.4, -0.2) is 50.0 Å². The fourth-order valence-corrected chi connectivity index (χ4v) is 6.44. The van der Waals surface area contributed by atoms with Crippen LogP contribution in [0.25, 0.3) is 0 Å². The third-order valence-corrected chi connectivity index (χ3v) is 9.50. The molecule has 7 nitrogen and oxygen atoms in total. The van der Waals surface area contributed by atoms with Crippen LogP contribution in [0.15, 0.2) is 72.8 Å². The number of benzene rings is 3. The number of nitrogens with one attached hydrogen (secondary N) is 1. The third-order valence-electron chi connectivity index (χ3n) is 7.62. The van der Waals surface area contributed by atoms with Gasteiger partial charge in [-0.05, 0) is 60.2 Å². The van der Waals surface area contributed by atoms with E-state index in [2.05, 4.69) is 5.32 Å². The van der Waals surface area contributed by atoms with Gasteiger partial charge in [-0.3, -0.25) is 13.9 Å². The standard InChI is InChI=1S/C32H37Cl2N3O4S/c1-3-23-13-16-27(17-14-23)37(42(2,40)41)22-31(38)36(21-25-15-18-28(33)29(34)19-25)30(20-24-9-5-4-6-10-24)32(39)35-26-11-7-8-12-26/h4-6,9-10,13-19,26,30H,3,7-8,11-12,20-22H2,1-2H3,(H,35,39)/t30-/m1/s1. The SMILES string of the molecule is CCc1ccc(N(CC(=O)N(Cc2ccc(Cl)c(Cl)c2)[C@H](Cc2ccccc2)C(=O)NC2CCCC2)S(C)(=O)=O)cc1.